The number of aliphatic hydroxyl groups is 1. The van der Waals surface area contributed by atoms with Crippen LogP contribution in [-0.2, 0) is 10.2 Å². The zero-order chi connectivity index (χ0) is 12.9. The Labute approximate surface area is 104 Å². The number of rotatable bonds is 6. The van der Waals surface area contributed by atoms with Crippen LogP contribution in [0.3, 0.4) is 0 Å². The molecule has 0 fully saturated rings. The third-order valence-electron chi connectivity index (χ3n) is 3.49. The topological polar surface area (TPSA) is 55.5 Å². The molecule has 0 heterocycles. The fourth-order valence-corrected chi connectivity index (χ4v) is 2.32. The van der Waals surface area contributed by atoms with Crippen LogP contribution < -0.4 is 5.73 Å². The minimum Gasteiger partial charge on any atom is -0.395 e. The largest absolute Gasteiger partial charge is 0.395 e. The van der Waals surface area contributed by atoms with Crippen LogP contribution in [-0.4, -0.2) is 31.5 Å². The SMILES string of the molecule is COC(C)CC(CN)(CO)c1ccccc1C. The fraction of sp³-hybridized carbons (Fsp3) is 0.571. The van der Waals surface area contributed by atoms with E-state index in [-0.39, 0.29) is 12.7 Å². The van der Waals surface area contributed by atoms with Gasteiger partial charge in [-0.05, 0) is 31.4 Å². The zero-order valence-electron chi connectivity index (χ0n) is 10.9. The summed E-state index contributed by atoms with van der Waals surface area (Å²) in [5, 5.41) is 9.76. The lowest BCUT2D eigenvalue weighted by molar-refractivity contribution is 0.0687. The number of aryl methyl sites for hydroxylation is 1. The van der Waals surface area contributed by atoms with Gasteiger partial charge in [0.2, 0.25) is 0 Å². The summed E-state index contributed by atoms with van der Waals surface area (Å²) in [7, 11) is 1.68. The summed E-state index contributed by atoms with van der Waals surface area (Å²) in [5.74, 6) is 0. The third-order valence-corrected chi connectivity index (χ3v) is 3.49. The van der Waals surface area contributed by atoms with E-state index in [4.69, 9.17) is 10.5 Å². The summed E-state index contributed by atoms with van der Waals surface area (Å²) < 4.78 is 5.30. The van der Waals surface area contributed by atoms with Crippen molar-refractivity contribution in [3.63, 3.8) is 0 Å². The van der Waals surface area contributed by atoms with Gasteiger partial charge in [-0.1, -0.05) is 24.3 Å². The van der Waals surface area contributed by atoms with Gasteiger partial charge < -0.3 is 15.6 Å². The summed E-state index contributed by atoms with van der Waals surface area (Å²) in [5.41, 5.74) is 7.79. The lowest BCUT2D eigenvalue weighted by Crippen LogP contribution is -2.42. The molecule has 2 atom stereocenters. The second-order valence-electron chi connectivity index (χ2n) is 4.71. The molecule has 0 bridgehead atoms. The van der Waals surface area contributed by atoms with E-state index in [0.29, 0.717) is 6.54 Å². The van der Waals surface area contributed by atoms with E-state index in [2.05, 4.69) is 0 Å². The molecule has 0 aliphatic carbocycles. The molecular formula is C14H23NO2. The highest BCUT2D eigenvalue weighted by atomic mass is 16.5. The van der Waals surface area contributed by atoms with Gasteiger partial charge in [0.25, 0.3) is 0 Å². The van der Waals surface area contributed by atoms with Crippen molar-refractivity contribution in [1.29, 1.82) is 0 Å². The Hall–Kier alpha value is -0.900. The number of benzene rings is 1. The number of ether oxygens (including phenoxy) is 1. The van der Waals surface area contributed by atoms with Gasteiger partial charge in [-0.2, -0.15) is 0 Å². The first kappa shape index (κ1) is 14.2. The maximum Gasteiger partial charge on any atom is 0.0553 e. The van der Waals surface area contributed by atoms with E-state index in [0.717, 1.165) is 17.5 Å². The van der Waals surface area contributed by atoms with Crippen molar-refractivity contribution in [2.24, 2.45) is 5.73 Å². The second-order valence-corrected chi connectivity index (χ2v) is 4.71. The highest BCUT2D eigenvalue weighted by Crippen LogP contribution is 2.31. The Morgan fingerprint density at radius 1 is 1.41 bits per heavy atom. The molecule has 0 aliphatic heterocycles. The molecule has 2 unspecified atom stereocenters. The first-order chi connectivity index (χ1) is 8.09. The Bertz CT molecular complexity index is 348. The van der Waals surface area contributed by atoms with Crippen molar-refractivity contribution < 1.29 is 9.84 Å². The molecule has 1 rings (SSSR count). The van der Waals surface area contributed by atoms with Crippen LogP contribution in [0, 0.1) is 6.92 Å². The van der Waals surface area contributed by atoms with Crippen LogP contribution in [0.5, 0.6) is 0 Å². The number of hydrogen-bond donors (Lipinski definition) is 2. The molecule has 0 radical (unpaired) electrons. The monoisotopic (exact) mass is 237 g/mol. The zero-order valence-corrected chi connectivity index (χ0v) is 10.9. The van der Waals surface area contributed by atoms with Gasteiger partial charge in [-0.15, -0.1) is 0 Å². The maximum atomic E-state index is 9.76. The van der Waals surface area contributed by atoms with Crippen LogP contribution in [0.4, 0.5) is 0 Å². The summed E-state index contributed by atoms with van der Waals surface area (Å²) >= 11 is 0. The summed E-state index contributed by atoms with van der Waals surface area (Å²) in [6.07, 6.45) is 0.798. The minimum atomic E-state index is -0.402. The summed E-state index contributed by atoms with van der Waals surface area (Å²) in [4.78, 5) is 0. The van der Waals surface area contributed by atoms with E-state index >= 15 is 0 Å². The Balaban J connectivity index is 3.11. The Morgan fingerprint density at radius 3 is 2.53 bits per heavy atom. The van der Waals surface area contributed by atoms with Gasteiger partial charge in [0.05, 0.1) is 12.7 Å². The van der Waals surface area contributed by atoms with Crippen molar-refractivity contribution >= 4 is 0 Å². The quantitative estimate of drug-likeness (QED) is 0.790. The van der Waals surface area contributed by atoms with Crippen LogP contribution in [0.1, 0.15) is 24.5 Å². The lowest BCUT2D eigenvalue weighted by Gasteiger charge is -2.34. The molecule has 0 aliphatic rings. The van der Waals surface area contributed by atoms with Crippen LogP contribution in [0.2, 0.25) is 0 Å². The molecule has 1 aromatic rings. The van der Waals surface area contributed by atoms with Crippen LogP contribution in [0.15, 0.2) is 24.3 Å². The summed E-state index contributed by atoms with van der Waals surface area (Å²) in [6, 6.07) is 8.07. The first-order valence-electron chi connectivity index (χ1n) is 5.99. The van der Waals surface area contributed by atoms with Gasteiger partial charge >= 0.3 is 0 Å². The van der Waals surface area contributed by atoms with Crippen molar-refractivity contribution in [1.82, 2.24) is 0 Å². The molecule has 96 valence electrons. The minimum absolute atomic E-state index is 0.0437. The van der Waals surface area contributed by atoms with Gasteiger partial charge in [-0.3, -0.25) is 0 Å². The van der Waals surface area contributed by atoms with Crippen molar-refractivity contribution in [3.05, 3.63) is 35.4 Å². The number of aliphatic hydroxyl groups excluding tert-OH is 1. The Morgan fingerprint density at radius 2 is 2.06 bits per heavy atom. The molecule has 0 spiro atoms. The highest BCUT2D eigenvalue weighted by Gasteiger charge is 2.33. The molecule has 0 saturated carbocycles. The smallest absolute Gasteiger partial charge is 0.0553 e. The van der Waals surface area contributed by atoms with Crippen molar-refractivity contribution in [2.75, 3.05) is 20.3 Å². The third kappa shape index (κ3) is 3.06. The van der Waals surface area contributed by atoms with Gasteiger partial charge in [0.1, 0.15) is 0 Å². The molecule has 0 saturated heterocycles. The summed E-state index contributed by atoms with van der Waals surface area (Å²) in [6.45, 7) is 4.51. The maximum absolute atomic E-state index is 9.76. The fourth-order valence-electron chi connectivity index (χ4n) is 2.32. The first-order valence-corrected chi connectivity index (χ1v) is 5.99. The number of nitrogens with two attached hydrogens (primary N) is 1. The molecule has 3 nitrogen and oxygen atoms in total. The van der Waals surface area contributed by atoms with Gasteiger partial charge in [0, 0.05) is 19.1 Å². The predicted octanol–water partition coefficient (Wildman–Crippen LogP) is 1.61. The average Bonchev–Trinajstić information content (AvgIpc) is 2.36. The lowest BCUT2D eigenvalue weighted by atomic mass is 9.75. The van der Waals surface area contributed by atoms with E-state index in [1.165, 1.54) is 0 Å². The van der Waals surface area contributed by atoms with Crippen molar-refractivity contribution in [2.45, 2.75) is 31.8 Å². The molecular weight excluding hydrogens is 214 g/mol. The van der Waals surface area contributed by atoms with Gasteiger partial charge in [0.15, 0.2) is 0 Å². The molecule has 1 aromatic carbocycles. The van der Waals surface area contributed by atoms with Gasteiger partial charge in [-0.25, -0.2) is 0 Å². The van der Waals surface area contributed by atoms with E-state index in [1.807, 2.05) is 38.1 Å². The molecule has 3 heteroatoms. The normalized spacial score (nSPS) is 16.5. The highest BCUT2D eigenvalue weighted by molar-refractivity contribution is 5.34. The molecule has 17 heavy (non-hydrogen) atoms. The van der Waals surface area contributed by atoms with E-state index in [1.54, 1.807) is 7.11 Å². The van der Waals surface area contributed by atoms with Crippen molar-refractivity contribution in [3.8, 4) is 0 Å². The predicted molar refractivity (Wildman–Crippen MR) is 70.1 cm³/mol. The van der Waals surface area contributed by atoms with E-state index < -0.39 is 5.41 Å². The molecule has 3 N–H and O–H groups in total. The van der Waals surface area contributed by atoms with Crippen LogP contribution >= 0.6 is 0 Å². The number of methoxy groups -OCH3 is 1. The van der Waals surface area contributed by atoms with E-state index in [9.17, 15) is 5.11 Å². The Kier molecular flexibility index (Phi) is 5.12. The standard InChI is InChI=1S/C14H23NO2/c1-11-6-4-5-7-13(11)14(9-15,10-16)8-12(2)17-3/h4-7,12,16H,8-10,15H2,1-3H3. The van der Waals surface area contributed by atoms with Crippen LogP contribution in [0.25, 0.3) is 0 Å². The number of hydrogen-bond acceptors (Lipinski definition) is 3. The molecule has 0 aromatic heterocycles. The second kappa shape index (κ2) is 6.15. The molecule has 0 amide bonds. The average molecular weight is 237 g/mol.